The molecule has 0 atom stereocenters. The van der Waals surface area contributed by atoms with Crippen LogP contribution in [0.1, 0.15) is 20.8 Å². The molecular formula is C9H12ClN3O2. The van der Waals surface area contributed by atoms with Crippen LogP contribution >= 0.6 is 11.6 Å². The SMILES string of the molecule is CC(C)(C)N(C(=O)O)c1cncnc1Cl. The lowest BCUT2D eigenvalue weighted by molar-refractivity contribution is 0.195. The first-order chi connectivity index (χ1) is 6.84. The maximum atomic E-state index is 11.1. The van der Waals surface area contributed by atoms with E-state index in [2.05, 4.69) is 9.97 Å². The zero-order chi connectivity index (χ0) is 11.6. The number of nitrogens with zero attached hydrogens (tertiary/aromatic N) is 3. The van der Waals surface area contributed by atoms with E-state index in [0.717, 1.165) is 4.90 Å². The van der Waals surface area contributed by atoms with E-state index in [0.29, 0.717) is 5.69 Å². The van der Waals surface area contributed by atoms with Crippen molar-refractivity contribution in [3.05, 3.63) is 17.7 Å². The number of rotatable bonds is 1. The first-order valence-electron chi connectivity index (χ1n) is 4.32. The zero-order valence-corrected chi connectivity index (χ0v) is 9.49. The molecule has 0 aliphatic carbocycles. The third kappa shape index (κ3) is 2.56. The number of hydrogen-bond donors (Lipinski definition) is 1. The van der Waals surface area contributed by atoms with Gasteiger partial charge in [0.15, 0.2) is 5.15 Å². The molecule has 0 spiro atoms. The van der Waals surface area contributed by atoms with E-state index in [1.54, 1.807) is 20.8 Å². The van der Waals surface area contributed by atoms with Gasteiger partial charge in [-0.1, -0.05) is 11.6 Å². The van der Waals surface area contributed by atoms with Crippen molar-refractivity contribution < 1.29 is 9.90 Å². The molecule has 5 nitrogen and oxygen atoms in total. The third-order valence-electron chi connectivity index (χ3n) is 1.75. The fraction of sp³-hybridized carbons (Fsp3) is 0.444. The maximum absolute atomic E-state index is 11.1. The van der Waals surface area contributed by atoms with E-state index in [1.807, 2.05) is 0 Å². The predicted octanol–water partition coefficient (Wildman–Crippen LogP) is 2.41. The van der Waals surface area contributed by atoms with Crippen LogP contribution in [0.2, 0.25) is 5.15 Å². The van der Waals surface area contributed by atoms with Gasteiger partial charge in [0.25, 0.3) is 0 Å². The predicted molar refractivity (Wildman–Crippen MR) is 57.3 cm³/mol. The number of anilines is 1. The summed E-state index contributed by atoms with van der Waals surface area (Å²) < 4.78 is 0. The number of carbonyl (C=O) groups is 1. The van der Waals surface area contributed by atoms with E-state index in [-0.39, 0.29) is 5.15 Å². The number of aromatic nitrogens is 2. The summed E-state index contributed by atoms with van der Waals surface area (Å²) >= 11 is 5.81. The molecule has 0 aliphatic heterocycles. The Morgan fingerprint density at radius 2 is 2.13 bits per heavy atom. The van der Waals surface area contributed by atoms with Gasteiger partial charge in [-0.25, -0.2) is 14.8 Å². The highest BCUT2D eigenvalue weighted by atomic mass is 35.5. The van der Waals surface area contributed by atoms with E-state index < -0.39 is 11.6 Å². The zero-order valence-electron chi connectivity index (χ0n) is 8.73. The summed E-state index contributed by atoms with van der Waals surface area (Å²) in [5.41, 5.74) is -0.306. The molecule has 0 bridgehead atoms. The molecule has 1 aromatic rings. The van der Waals surface area contributed by atoms with E-state index in [9.17, 15) is 4.79 Å². The highest BCUT2D eigenvalue weighted by molar-refractivity contribution is 6.32. The van der Waals surface area contributed by atoms with Crippen molar-refractivity contribution in [3.63, 3.8) is 0 Å². The Labute approximate surface area is 92.7 Å². The molecule has 0 saturated carbocycles. The first-order valence-corrected chi connectivity index (χ1v) is 4.70. The van der Waals surface area contributed by atoms with Gasteiger partial charge in [0.1, 0.15) is 12.0 Å². The molecule has 15 heavy (non-hydrogen) atoms. The van der Waals surface area contributed by atoms with Gasteiger partial charge < -0.3 is 5.11 Å². The molecule has 1 heterocycles. The van der Waals surface area contributed by atoms with Gasteiger partial charge in [-0.15, -0.1) is 0 Å². The number of halogens is 1. The summed E-state index contributed by atoms with van der Waals surface area (Å²) in [5, 5.41) is 9.23. The lowest BCUT2D eigenvalue weighted by Gasteiger charge is -2.32. The van der Waals surface area contributed by atoms with Gasteiger partial charge in [-0.05, 0) is 20.8 Å². The van der Waals surface area contributed by atoms with Crippen LogP contribution in [0.4, 0.5) is 10.5 Å². The van der Waals surface area contributed by atoms with Crippen molar-refractivity contribution in [2.45, 2.75) is 26.3 Å². The molecule has 0 fully saturated rings. The lowest BCUT2D eigenvalue weighted by Crippen LogP contribution is -2.45. The summed E-state index contributed by atoms with van der Waals surface area (Å²) in [6.07, 6.45) is 1.57. The number of amides is 1. The minimum absolute atomic E-state index is 0.127. The Kier molecular flexibility index (Phi) is 3.14. The number of carboxylic acid groups (broad SMARTS) is 1. The van der Waals surface area contributed by atoms with E-state index in [4.69, 9.17) is 16.7 Å². The molecule has 0 aliphatic rings. The maximum Gasteiger partial charge on any atom is 0.412 e. The fourth-order valence-corrected chi connectivity index (χ4v) is 1.39. The minimum atomic E-state index is -1.08. The molecule has 0 saturated heterocycles. The quantitative estimate of drug-likeness (QED) is 0.751. The Hall–Kier alpha value is -1.36. The molecule has 1 N–H and O–H groups in total. The van der Waals surface area contributed by atoms with Crippen LogP contribution in [0, 0.1) is 0 Å². The first kappa shape index (κ1) is 11.7. The standard InChI is InChI=1S/C9H12ClN3O2/c1-9(2,3)13(8(14)15)6-4-11-5-12-7(6)10/h4-5H,1-3H3,(H,14,15). The topological polar surface area (TPSA) is 66.3 Å². The average Bonchev–Trinajstić information content (AvgIpc) is 2.05. The third-order valence-corrected chi connectivity index (χ3v) is 2.04. The van der Waals surface area contributed by atoms with Gasteiger partial charge in [0.2, 0.25) is 0 Å². The van der Waals surface area contributed by atoms with Crippen LogP contribution in [-0.4, -0.2) is 26.7 Å². The van der Waals surface area contributed by atoms with Crippen LogP contribution in [0.25, 0.3) is 0 Å². The molecule has 6 heteroatoms. The molecule has 1 rings (SSSR count). The normalized spacial score (nSPS) is 11.2. The molecule has 1 amide bonds. The highest BCUT2D eigenvalue weighted by Gasteiger charge is 2.29. The average molecular weight is 230 g/mol. The Morgan fingerprint density at radius 3 is 2.53 bits per heavy atom. The molecule has 0 aromatic carbocycles. The van der Waals surface area contributed by atoms with Crippen molar-refractivity contribution in [2.75, 3.05) is 4.90 Å². The van der Waals surface area contributed by atoms with Crippen molar-refractivity contribution in [3.8, 4) is 0 Å². The second kappa shape index (κ2) is 4.02. The highest BCUT2D eigenvalue weighted by Crippen LogP contribution is 2.28. The summed E-state index contributed by atoms with van der Waals surface area (Å²) in [6, 6.07) is 0. The van der Waals surface area contributed by atoms with E-state index >= 15 is 0 Å². The molecular weight excluding hydrogens is 218 g/mol. The van der Waals surface area contributed by atoms with Crippen molar-refractivity contribution in [1.29, 1.82) is 0 Å². The lowest BCUT2D eigenvalue weighted by atomic mass is 10.1. The van der Waals surface area contributed by atoms with Crippen LogP contribution in [0.3, 0.4) is 0 Å². The van der Waals surface area contributed by atoms with Gasteiger partial charge in [-0.3, -0.25) is 4.90 Å². The summed E-state index contributed by atoms with van der Waals surface area (Å²) in [5.74, 6) is 0. The van der Waals surface area contributed by atoms with Gasteiger partial charge in [-0.2, -0.15) is 0 Å². The fourth-order valence-electron chi connectivity index (χ4n) is 1.21. The summed E-state index contributed by atoms with van der Waals surface area (Å²) in [4.78, 5) is 19.8. The molecule has 1 aromatic heterocycles. The van der Waals surface area contributed by atoms with Gasteiger partial charge in [0.05, 0.1) is 6.20 Å². The monoisotopic (exact) mass is 229 g/mol. The van der Waals surface area contributed by atoms with Crippen molar-refractivity contribution in [2.24, 2.45) is 0 Å². The smallest absolute Gasteiger partial charge is 0.412 e. The van der Waals surface area contributed by atoms with E-state index in [1.165, 1.54) is 12.5 Å². The Morgan fingerprint density at radius 1 is 1.53 bits per heavy atom. The summed E-state index contributed by atoms with van der Waals surface area (Å²) in [6.45, 7) is 5.30. The molecule has 82 valence electrons. The van der Waals surface area contributed by atoms with Crippen LogP contribution in [0.5, 0.6) is 0 Å². The molecule has 0 radical (unpaired) electrons. The Bertz CT molecular complexity index is 376. The summed E-state index contributed by atoms with van der Waals surface area (Å²) in [7, 11) is 0. The minimum Gasteiger partial charge on any atom is -0.465 e. The second-order valence-electron chi connectivity index (χ2n) is 3.99. The van der Waals surface area contributed by atoms with Crippen molar-refractivity contribution in [1.82, 2.24) is 9.97 Å². The number of hydrogen-bond acceptors (Lipinski definition) is 3. The van der Waals surface area contributed by atoms with Crippen LogP contribution in [0.15, 0.2) is 12.5 Å². The van der Waals surface area contributed by atoms with Gasteiger partial charge in [0, 0.05) is 5.54 Å². The van der Waals surface area contributed by atoms with Crippen LogP contribution in [-0.2, 0) is 0 Å². The molecule has 0 unspecified atom stereocenters. The van der Waals surface area contributed by atoms with Crippen LogP contribution < -0.4 is 4.90 Å². The largest absolute Gasteiger partial charge is 0.465 e. The second-order valence-corrected chi connectivity index (χ2v) is 4.35. The van der Waals surface area contributed by atoms with Gasteiger partial charge >= 0.3 is 6.09 Å². The van der Waals surface area contributed by atoms with Crippen molar-refractivity contribution >= 4 is 23.4 Å². The Balaban J connectivity index is 3.23.